The van der Waals surface area contributed by atoms with Crippen LogP contribution in [0, 0.1) is 6.92 Å². The summed E-state index contributed by atoms with van der Waals surface area (Å²) in [6, 6.07) is 14.5. The number of anilines is 1. The second kappa shape index (κ2) is 9.71. The molecule has 2 aromatic rings. The van der Waals surface area contributed by atoms with Crippen molar-refractivity contribution in [2.45, 2.75) is 39.2 Å². The van der Waals surface area contributed by atoms with E-state index in [2.05, 4.69) is 61.8 Å². The van der Waals surface area contributed by atoms with Crippen LogP contribution < -0.4 is 14.4 Å². The molecule has 3 rings (SSSR count). The van der Waals surface area contributed by atoms with E-state index in [4.69, 9.17) is 9.47 Å². The SMILES string of the molecule is COc1cccc(N2CCN(CC(O)COc3ccc(C(C)(C)C)cc3C)CC2)c1. The van der Waals surface area contributed by atoms with E-state index in [0.29, 0.717) is 13.2 Å². The van der Waals surface area contributed by atoms with Crippen LogP contribution in [0.1, 0.15) is 31.9 Å². The van der Waals surface area contributed by atoms with E-state index in [-0.39, 0.29) is 5.41 Å². The maximum Gasteiger partial charge on any atom is 0.122 e. The normalized spacial score (nSPS) is 16.4. The van der Waals surface area contributed by atoms with Gasteiger partial charge in [0.05, 0.1) is 7.11 Å². The van der Waals surface area contributed by atoms with Crippen LogP contribution in [-0.2, 0) is 5.41 Å². The van der Waals surface area contributed by atoms with Gasteiger partial charge in [-0.05, 0) is 41.7 Å². The number of hydrogen-bond acceptors (Lipinski definition) is 5. The number of aryl methyl sites for hydroxylation is 1. The molecule has 0 bridgehead atoms. The molecule has 164 valence electrons. The van der Waals surface area contributed by atoms with Crippen molar-refractivity contribution in [1.29, 1.82) is 0 Å². The van der Waals surface area contributed by atoms with Crippen LogP contribution in [-0.4, -0.2) is 62.6 Å². The maximum absolute atomic E-state index is 10.5. The summed E-state index contributed by atoms with van der Waals surface area (Å²) in [6.45, 7) is 13.4. The zero-order valence-electron chi connectivity index (χ0n) is 19.0. The second-order valence-corrected chi connectivity index (χ2v) is 9.18. The molecule has 1 atom stereocenters. The van der Waals surface area contributed by atoms with Crippen molar-refractivity contribution in [1.82, 2.24) is 4.90 Å². The van der Waals surface area contributed by atoms with Gasteiger partial charge in [0.25, 0.3) is 0 Å². The van der Waals surface area contributed by atoms with E-state index in [0.717, 1.165) is 43.2 Å². The van der Waals surface area contributed by atoms with Crippen molar-refractivity contribution in [3.63, 3.8) is 0 Å². The van der Waals surface area contributed by atoms with Crippen LogP contribution in [0.25, 0.3) is 0 Å². The molecule has 1 aliphatic rings. The lowest BCUT2D eigenvalue weighted by atomic mass is 9.86. The fourth-order valence-electron chi connectivity index (χ4n) is 3.81. The number of piperazine rings is 1. The first-order valence-electron chi connectivity index (χ1n) is 10.8. The highest BCUT2D eigenvalue weighted by molar-refractivity contribution is 5.51. The van der Waals surface area contributed by atoms with E-state index in [1.807, 2.05) is 18.2 Å². The monoisotopic (exact) mass is 412 g/mol. The number of ether oxygens (including phenoxy) is 2. The van der Waals surface area contributed by atoms with Gasteiger partial charge in [0.1, 0.15) is 24.2 Å². The highest BCUT2D eigenvalue weighted by Crippen LogP contribution is 2.27. The van der Waals surface area contributed by atoms with Crippen LogP contribution in [0.3, 0.4) is 0 Å². The largest absolute Gasteiger partial charge is 0.497 e. The highest BCUT2D eigenvalue weighted by Gasteiger charge is 2.20. The van der Waals surface area contributed by atoms with Gasteiger partial charge in [-0.25, -0.2) is 0 Å². The Balaban J connectivity index is 1.45. The molecule has 1 heterocycles. The van der Waals surface area contributed by atoms with Crippen LogP contribution in [0.15, 0.2) is 42.5 Å². The fraction of sp³-hybridized carbons (Fsp3) is 0.520. The van der Waals surface area contributed by atoms with Gasteiger partial charge in [-0.1, -0.05) is 39.0 Å². The topological polar surface area (TPSA) is 45.2 Å². The van der Waals surface area contributed by atoms with Crippen molar-refractivity contribution >= 4 is 5.69 Å². The molecule has 5 nitrogen and oxygen atoms in total. The molecule has 1 fully saturated rings. The van der Waals surface area contributed by atoms with E-state index in [9.17, 15) is 5.11 Å². The molecule has 0 spiro atoms. The molecule has 1 aliphatic heterocycles. The van der Waals surface area contributed by atoms with Crippen molar-refractivity contribution in [2.24, 2.45) is 0 Å². The predicted molar refractivity (Wildman–Crippen MR) is 123 cm³/mol. The fourth-order valence-corrected chi connectivity index (χ4v) is 3.81. The molecule has 0 aliphatic carbocycles. The van der Waals surface area contributed by atoms with Crippen LogP contribution >= 0.6 is 0 Å². The Morgan fingerprint density at radius 1 is 1.03 bits per heavy atom. The first-order valence-corrected chi connectivity index (χ1v) is 10.8. The van der Waals surface area contributed by atoms with Gasteiger partial charge in [0.2, 0.25) is 0 Å². The first kappa shape index (κ1) is 22.4. The Labute approximate surface area is 181 Å². The summed E-state index contributed by atoms with van der Waals surface area (Å²) in [5, 5.41) is 10.5. The zero-order valence-corrected chi connectivity index (χ0v) is 19.0. The van der Waals surface area contributed by atoms with E-state index < -0.39 is 6.10 Å². The average Bonchev–Trinajstić information content (AvgIpc) is 2.72. The van der Waals surface area contributed by atoms with Crippen LogP contribution in [0.2, 0.25) is 0 Å². The summed E-state index contributed by atoms with van der Waals surface area (Å²) in [5.41, 5.74) is 3.71. The third-order valence-electron chi connectivity index (χ3n) is 5.73. The maximum atomic E-state index is 10.5. The van der Waals surface area contributed by atoms with E-state index in [1.165, 1.54) is 11.3 Å². The lowest BCUT2D eigenvalue weighted by molar-refractivity contribution is 0.0660. The standard InChI is InChI=1S/C25H36N2O3/c1-19-15-20(25(2,3)4)9-10-24(19)30-18-22(28)17-26-11-13-27(14-12-26)21-7-6-8-23(16-21)29-5/h6-10,15-16,22,28H,11-14,17-18H2,1-5H3. The lowest BCUT2D eigenvalue weighted by Crippen LogP contribution is -2.49. The van der Waals surface area contributed by atoms with Gasteiger partial charge in [-0.3, -0.25) is 4.90 Å². The van der Waals surface area contributed by atoms with E-state index >= 15 is 0 Å². The molecule has 5 heteroatoms. The summed E-state index contributed by atoms with van der Waals surface area (Å²) < 4.78 is 11.3. The molecule has 2 aromatic carbocycles. The Kier molecular flexibility index (Phi) is 7.27. The number of aliphatic hydroxyl groups excluding tert-OH is 1. The zero-order chi connectivity index (χ0) is 21.7. The predicted octanol–water partition coefficient (Wildman–Crippen LogP) is 3.86. The Bertz CT molecular complexity index is 823. The number of methoxy groups -OCH3 is 1. The summed E-state index contributed by atoms with van der Waals surface area (Å²) in [5.74, 6) is 1.73. The Morgan fingerprint density at radius 3 is 2.40 bits per heavy atom. The molecule has 0 amide bonds. The van der Waals surface area contributed by atoms with Crippen LogP contribution in [0.4, 0.5) is 5.69 Å². The smallest absolute Gasteiger partial charge is 0.122 e. The molecule has 30 heavy (non-hydrogen) atoms. The summed E-state index contributed by atoms with van der Waals surface area (Å²) in [7, 11) is 1.70. The van der Waals surface area contributed by atoms with Gasteiger partial charge in [0, 0.05) is 44.5 Å². The average molecular weight is 413 g/mol. The molecule has 0 aromatic heterocycles. The van der Waals surface area contributed by atoms with E-state index in [1.54, 1.807) is 7.11 Å². The molecular weight excluding hydrogens is 376 g/mol. The van der Waals surface area contributed by atoms with Crippen LogP contribution in [0.5, 0.6) is 11.5 Å². The van der Waals surface area contributed by atoms with Crippen molar-refractivity contribution in [3.05, 3.63) is 53.6 Å². The van der Waals surface area contributed by atoms with Gasteiger partial charge in [0.15, 0.2) is 0 Å². The summed E-state index contributed by atoms with van der Waals surface area (Å²) >= 11 is 0. The van der Waals surface area contributed by atoms with Crippen molar-refractivity contribution in [3.8, 4) is 11.5 Å². The molecule has 1 unspecified atom stereocenters. The number of β-amino-alcohol motifs (C(OH)–C–C–N with tert-alkyl or cyclic N) is 1. The van der Waals surface area contributed by atoms with Gasteiger partial charge in [-0.2, -0.15) is 0 Å². The number of rotatable bonds is 7. The molecule has 1 N–H and O–H groups in total. The summed E-state index contributed by atoms with van der Waals surface area (Å²) in [4.78, 5) is 4.67. The minimum absolute atomic E-state index is 0.121. The lowest BCUT2D eigenvalue weighted by Gasteiger charge is -2.37. The molecule has 0 radical (unpaired) electrons. The highest BCUT2D eigenvalue weighted by atomic mass is 16.5. The van der Waals surface area contributed by atoms with Gasteiger partial charge >= 0.3 is 0 Å². The first-order chi connectivity index (χ1) is 14.3. The molecule has 0 saturated carbocycles. The Morgan fingerprint density at radius 2 is 1.77 bits per heavy atom. The van der Waals surface area contributed by atoms with Crippen molar-refractivity contribution < 1.29 is 14.6 Å². The summed E-state index contributed by atoms with van der Waals surface area (Å²) in [6.07, 6.45) is -0.505. The van der Waals surface area contributed by atoms with Crippen molar-refractivity contribution in [2.75, 3.05) is 51.3 Å². The third kappa shape index (κ3) is 5.89. The quantitative estimate of drug-likeness (QED) is 0.748. The number of nitrogens with zero attached hydrogens (tertiary/aromatic N) is 2. The number of aliphatic hydroxyl groups is 1. The Hall–Kier alpha value is -2.24. The second-order valence-electron chi connectivity index (χ2n) is 9.18. The number of hydrogen-bond donors (Lipinski definition) is 1. The molecular formula is C25H36N2O3. The molecule has 1 saturated heterocycles. The minimum atomic E-state index is -0.505. The third-order valence-corrected chi connectivity index (χ3v) is 5.73. The minimum Gasteiger partial charge on any atom is -0.497 e. The number of benzene rings is 2. The van der Waals surface area contributed by atoms with Gasteiger partial charge < -0.3 is 19.5 Å². The van der Waals surface area contributed by atoms with Gasteiger partial charge in [-0.15, -0.1) is 0 Å².